The van der Waals surface area contributed by atoms with E-state index in [0.717, 1.165) is 49.3 Å². The Morgan fingerprint density at radius 2 is 2.00 bits per heavy atom. The lowest BCUT2D eigenvalue weighted by molar-refractivity contribution is 0.120. The Labute approximate surface area is 143 Å². The molecule has 0 atom stereocenters. The zero-order valence-corrected chi connectivity index (χ0v) is 14.2. The zero-order valence-electron chi connectivity index (χ0n) is 14.2. The van der Waals surface area contributed by atoms with Gasteiger partial charge in [-0.15, -0.1) is 0 Å². The molecule has 5 nitrogen and oxygen atoms in total. The van der Waals surface area contributed by atoms with Crippen molar-refractivity contribution in [3.63, 3.8) is 0 Å². The van der Waals surface area contributed by atoms with Gasteiger partial charge in [0, 0.05) is 24.2 Å². The Morgan fingerprint density at radius 1 is 1.21 bits per heavy atom. The molecule has 1 aliphatic rings. The van der Waals surface area contributed by atoms with Gasteiger partial charge in [0.15, 0.2) is 5.96 Å². The predicted molar refractivity (Wildman–Crippen MR) is 98.0 cm³/mol. The number of aliphatic hydroxyl groups excluding tert-OH is 1. The average Bonchev–Trinajstić information content (AvgIpc) is 2.62. The summed E-state index contributed by atoms with van der Waals surface area (Å²) in [6, 6.07) is 10.7. The summed E-state index contributed by atoms with van der Waals surface area (Å²) in [5.74, 6) is 0.827. The van der Waals surface area contributed by atoms with Crippen LogP contribution in [0.25, 0.3) is 10.8 Å². The highest BCUT2D eigenvalue weighted by molar-refractivity contribution is 5.85. The molecule has 1 saturated carbocycles. The van der Waals surface area contributed by atoms with Crippen LogP contribution < -0.4 is 10.6 Å². The Morgan fingerprint density at radius 3 is 2.79 bits per heavy atom. The van der Waals surface area contributed by atoms with Crippen molar-refractivity contribution in [1.82, 2.24) is 15.6 Å². The largest absolute Gasteiger partial charge is 0.393 e. The van der Waals surface area contributed by atoms with E-state index in [2.05, 4.69) is 34.7 Å². The zero-order chi connectivity index (χ0) is 16.8. The number of aliphatic hydroxyl groups is 1. The predicted octanol–water partition coefficient (Wildman–Crippen LogP) is 2.59. The van der Waals surface area contributed by atoms with Crippen molar-refractivity contribution < 1.29 is 5.11 Å². The molecule has 1 aromatic heterocycles. The van der Waals surface area contributed by atoms with E-state index in [-0.39, 0.29) is 6.10 Å². The van der Waals surface area contributed by atoms with Gasteiger partial charge in [0.25, 0.3) is 0 Å². The molecule has 2 aromatic rings. The summed E-state index contributed by atoms with van der Waals surface area (Å²) in [6.07, 6.45) is 5.40. The van der Waals surface area contributed by atoms with Crippen LogP contribution in [-0.4, -0.2) is 34.7 Å². The van der Waals surface area contributed by atoms with Crippen molar-refractivity contribution in [1.29, 1.82) is 0 Å². The van der Waals surface area contributed by atoms with Crippen LogP contribution in [0.15, 0.2) is 41.5 Å². The lowest BCUT2D eigenvalue weighted by Crippen LogP contribution is -2.45. The number of aromatic nitrogens is 1. The van der Waals surface area contributed by atoms with E-state index in [0.29, 0.717) is 12.6 Å². The van der Waals surface area contributed by atoms with E-state index in [9.17, 15) is 5.11 Å². The Hall–Kier alpha value is -2.14. The van der Waals surface area contributed by atoms with Crippen LogP contribution in [-0.2, 0) is 6.54 Å². The molecule has 1 aliphatic carbocycles. The Balaban J connectivity index is 1.71. The van der Waals surface area contributed by atoms with Crippen LogP contribution in [0.3, 0.4) is 0 Å². The quantitative estimate of drug-likeness (QED) is 0.597. The van der Waals surface area contributed by atoms with Gasteiger partial charge in [0.2, 0.25) is 0 Å². The van der Waals surface area contributed by atoms with Crippen LogP contribution >= 0.6 is 0 Å². The number of guanidine groups is 1. The van der Waals surface area contributed by atoms with Crippen LogP contribution in [0.5, 0.6) is 0 Å². The second-order valence-corrected chi connectivity index (χ2v) is 6.32. The molecular formula is C19H26N4O. The standard InChI is InChI=1S/C19H26N4O/c1-2-20-19(23-15-7-9-16(24)10-8-15)22-13-18-17-6-4-3-5-14(17)11-12-21-18/h3-6,11-12,15-16,24H,2,7-10,13H2,1H3,(H2,20,22,23). The van der Waals surface area contributed by atoms with E-state index in [4.69, 9.17) is 4.99 Å². The minimum Gasteiger partial charge on any atom is -0.393 e. The summed E-state index contributed by atoms with van der Waals surface area (Å²) in [5.41, 5.74) is 0.990. The third kappa shape index (κ3) is 4.23. The van der Waals surface area contributed by atoms with Crippen molar-refractivity contribution in [3.8, 4) is 0 Å². The second kappa shape index (κ2) is 8.11. The monoisotopic (exact) mass is 326 g/mol. The maximum Gasteiger partial charge on any atom is 0.191 e. The summed E-state index contributed by atoms with van der Waals surface area (Å²) in [5, 5.41) is 18.8. The van der Waals surface area contributed by atoms with Crippen molar-refractivity contribution in [2.75, 3.05) is 6.54 Å². The van der Waals surface area contributed by atoms with Crippen molar-refractivity contribution in [3.05, 3.63) is 42.2 Å². The van der Waals surface area contributed by atoms with E-state index >= 15 is 0 Å². The molecule has 128 valence electrons. The number of hydrogen-bond donors (Lipinski definition) is 3. The number of aliphatic imine (C=N–C) groups is 1. The molecule has 3 rings (SSSR count). The summed E-state index contributed by atoms with van der Waals surface area (Å²) >= 11 is 0. The lowest BCUT2D eigenvalue weighted by Gasteiger charge is -2.27. The van der Waals surface area contributed by atoms with E-state index in [1.165, 1.54) is 5.39 Å². The van der Waals surface area contributed by atoms with Gasteiger partial charge >= 0.3 is 0 Å². The number of pyridine rings is 1. The van der Waals surface area contributed by atoms with Crippen LogP contribution in [0, 0.1) is 0 Å². The minimum absolute atomic E-state index is 0.137. The van der Waals surface area contributed by atoms with Crippen molar-refractivity contribution >= 4 is 16.7 Å². The highest BCUT2D eigenvalue weighted by Gasteiger charge is 2.19. The lowest BCUT2D eigenvalue weighted by atomic mass is 9.93. The topological polar surface area (TPSA) is 69.5 Å². The molecule has 24 heavy (non-hydrogen) atoms. The molecule has 5 heteroatoms. The molecule has 0 amide bonds. The number of nitrogens with one attached hydrogen (secondary N) is 2. The molecular weight excluding hydrogens is 300 g/mol. The third-order valence-electron chi connectivity index (χ3n) is 4.52. The molecule has 3 N–H and O–H groups in total. The maximum atomic E-state index is 9.64. The molecule has 1 fully saturated rings. The molecule has 0 saturated heterocycles. The van der Waals surface area contributed by atoms with Gasteiger partial charge in [-0.2, -0.15) is 0 Å². The second-order valence-electron chi connectivity index (χ2n) is 6.32. The minimum atomic E-state index is -0.137. The van der Waals surface area contributed by atoms with E-state index in [1.54, 1.807) is 0 Å². The summed E-state index contributed by atoms with van der Waals surface area (Å²) in [4.78, 5) is 9.22. The van der Waals surface area contributed by atoms with Gasteiger partial charge in [-0.1, -0.05) is 24.3 Å². The number of fused-ring (bicyclic) bond motifs is 1. The summed E-state index contributed by atoms with van der Waals surface area (Å²) in [6.45, 7) is 3.44. The van der Waals surface area contributed by atoms with Gasteiger partial charge in [-0.3, -0.25) is 4.98 Å². The SMILES string of the molecule is CCNC(=NCc1nccc2ccccc12)NC1CCC(O)CC1. The van der Waals surface area contributed by atoms with E-state index < -0.39 is 0 Å². The fourth-order valence-corrected chi connectivity index (χ4v) is 3.20. The maximum absolute atomic E-state index is 9.64. The van der Waals surface area contributed by atoms with Gasteiger partial charge in [-0.25, -0.2) is 4.99 Å². The van der Waals surface area contributed by atoms with Gasteiger partial charge in [0.05, 0.1) is 18.3 Å². The van der Waals surface area contributed by atoms with Crippen LogP contribution in [0.1, 0.15) is 38.3 Å². The Kier molecular flexibility index (Phi) is 5.64. The number of nitrogens with zero attached hydrogens (tertiary/aromatic N) is 2. The first-order chi connectivity index (χ1) is 11.8. The fraction of sp³-hybridized carbons (Fsp3) is 0.474. The van der Waals surface area contributed by atoms with Crippen LogP contribution in [0.2, 0.25) is 0 Å². The fourth-order valence-electron chi connectivity index (χ4n) is 3.20. The molecule has 1 aromatic carbocycles. The van der Waals surface area contributed by atoms with Crippen molar-refractivity contribution in [2.24, 2.45) is 4.99 Å². The van der Waals surface area contributed by atoms with Gasteiger partial charge < -0.3 is 15.7 Å². The molecule has 1 heterocycles. The van der Waals surface area contributed by atoms with Gasteiger partial charge in [0.1, 0.15) is 0 Å². The Bertz CT molecular complexity index is 687. The smallest absolute Gasteiger partial charge is 0.191 e. The molecule has 0 spiro atoms. The first-order valence-electron chi connectivity index (χ1n) is 8.82. The van der Waals surface area contributed by atoms with E-state index in [1.807, 2.05) is 24.4 Å². The molecule has 0 bridgehead atoms. The first kappa shape index (κ1) is 16.7. The molecule has 0 radical (unpaired) electrons. The summed E-state index contributed by atoms with van der Waals surface area (Å²) in [7, 11) is 0. The normalized spacial score (nSPS) is 21.7. The van der Waals surface area contributed by atoms with Crippen LogP contribution in [0.4, 0.5) is 0 Å². The highest BCUT2D eigenvalue weighted by atomic mass is 16.3. The van der Waals surface area contributed by atoms with Crippen molar-refractivity contribution in [2.45, 2.75) is 51.3 Å². The highest BCUT2D eigenvalue weighted by Crippen LogP contribution is 2.19. The van der Waals surface area contributed by atoms with Gasteiger partial charge in [-0.05, 0) is 44.1 Å². The average molecular weight is 326 g/mol. The first-order valence-corrected chi connectivity index (χ1v) is 8.82. The molecule has 0 unspecified atom stereocenters. The number of rotatable bonds is 4. The number of benzene rings is 1. The third-order valence-corrected chi connectivity index (χ3v) is 4.52. The summed E-state index contributed by atoms with van der Waals surface area (Å²) < 4.78 is 0. The molecule has 0 aliphatic heterocycles. The number of hydrogen-bond acceptors (Lipinski definition) is 3.